The Morgan fingerprint density at radius 1 is 1.16 bits per heavy atom. The van der Waals surface area contributed by atoms with Crippen molar-refractivity contribution in [3.05, 3.63) is 59.9 Å². The number of para-hydroxylation sites is 1. The summed E-state index contributed by atoms with van der Waals surface area (Å²) in [7, 11) is 0. The molecule has 1 aliphatic rings. The smallest absolute Gasteiger partial charge is 0.265 e. The van der Waals surface area contributed by atoms with Crippen LogP contribution in [0.2, 0.25) is 0 Å². The molecule has 2 aromatic rings. The second-order valence-electron chi connectivity index (χ2n) is 4.41. The maximum absolute atomic E-state index is 12.8. The van der Waals surface area contributed by atoms with Gasteiger partial charge in [0.15, 0.2) is 6.10 Å². The van der Waals surface area contributed by atoms with E-state index in [1.165, 1.54) is 24.3 Å². The SMILES string of the molecule is O=C(Nc1ccc(F)cc1)[C@H]1Cc2ccccc2O1. The van der Waals surface area contributed by atoms with Crippen molar-refractivity contribution in [2.24, 2.45) is 0 Å². The molecule has 2 aromatic carbocycles. The fraction of sp³-hybridized carbons (Fsp3) is 0.133. The lowest BCUT2D eigenvalue weighted by Crippen LogP contribution is -2.31. The van der Waals surface area contributed by atoms with Crippen LogP contribution in [0.15, 0.2) is 48.5 Å². The molecule has 19 heavy (non-hydrogen) atoms. The number of nitrogens with one attached hydrogen (secondary N) is 1. The quantitative estimate of drug-likeness (QED) is 0.898. The van der Waals surface area contributed by atoms with Gasteiger partial charge in [-0.3, -0.25) is 4.79 Å². The molecule has 3 nitrogen and oxygen atoms in total. The first kappa shape index (κ1) is 11.7. The predicted octanol–water partition coefficient (Wildman–Crippen LogP) is 2.77. The lowest BCUT2D eigenvalue weighted by molar-refractivity contribution is -0.122. The monoisotopic (exact) mass is 257 g/mol. The molecule has 1 aliphatic heterocycles. The highest BCUT2D eigenvalue weighted by Crippen LogP contribution is 2.28. The highest BCUT2D eigenvalue weighted by Gasteiger charge is 2.28. The number of hydrogen-bond acceptors (Lipinski definition) is 2. The van der Waals surface area contributed by atoms with E-state index in [0.717, 1.165) is 11.3 Å². The van der Waals surface area contributed by atoms with E-state index in [1.54, 1.807) is 0 Å². The van der Waals surface area contributed by atoms with Crippen LogP contribution in [-0.2, 0) is 11.2 Å². The molecule has 0 aliphatic carbocycles. The minimum absolute atomic E-state index is 0.220. The van der Waals surface area contributed by atoms with E-state index >= 15 is 0 Å². The molecule has 0 saturated heterocycles. The standard InChI is InChI=1S/C15H12FNO2/c16-11-5-7-12(8-6-11)17-15(18)14-9-10-3-1-2-4-13(10)19-14/h1-8,14H,9H2,(H,17,18)/t14-/m1/s1. The molecule has 1 atom stereocenters. The van der Waals surface area contributed by atoms with Crippen LogP contribution in [0.4, 0.5) is 10.1 Å². The number of ether oxygens (including phenoxy) is 1. The molecule has 96 valence electrons. The summed E-state index contributed by atoms with van der Waals surface area (Å²) in [4.78, 5) is 12.0. The van der Waals surface area contributed by atoms with Gasteiger partial charge in [-0.2, -0.15) is 0 Å². The van der Waals surface area contributed by atoms with Crippen LogP contribution in [0.1, 0.15) is 5.56 Å². The lowest BCUT2D eigenvalue weighted by Gasteiger charge is -2.11. The zero-order valence-electron chi connectivity index (χ0n) is 10.1. The first-order valence-corrected chi connectivity index (χ1v) is 6.03. The molecule has 0 radical (unpaired) electrons. The fourth-order valence-electron chi connectivity index (χ4n) is 2.08. The average molecular weight is 257 g/mol. The summed E-state index contributed by atoms with van der Waals surface area (Å²) in [6.07, 6.45) is 0.0332. The van der Waals surface area contributed by atoms with Crippen molar-refractivity contribution in [3.8, 4) is 5.75 Å². The molecule has 0 unspecified atom stereocenters. The minimum atomic E-state index is -0.526. The van der Waals surface area contributed by atoms with E-state index in [9.17, 15) is 9.18 Å². The number of amides is 1. The summed E-state index contributed by atoms with van der Waals surface area (Å²) in [6.45, 7) is 0. The molecule has 1 N–H and O–H groups in total. The van der Waals surface area contributed by atoms with E-state index in [2.05, 4.69) is 5.32 Å². The summed E-state index contributed by atoms with van der Waals surface area (Å²) in [6, 6.07) is 13.2. The first-order valence-electron chi connectivity index (χ1n) is 6.03. The first-order chi connectivity index (χ1) is 9.22. The van der Waals surface area contributed by atoms with Crippen molar-refractivity contribution in [2.45, 2.75) is 12.5 Å². The van der Waals surface area contributed by atoms with Gasteiger partial charge in [0.05, 0.1) is 0 Å². The number of halogens is 1. The maximum Gasteiger partial charge on any atom is 0.265 e. The van der Waals surface area contributed by atoms with Crippen molar-refractivity contribution in [2.75, 3.05) is 5.32 Å². The average Bonchev–Trinajstić information content (AvgIpc) is 2.85. The molecule has 4 heteroatoms. The van der Waals surface area contributed by atoms with Crippen LogP contribution < -0.4 is 10.1 Å². The van der Waals surface area contributed by atoms with Gasteiger partial charge >= 0.3 is 0 Å². The van der Waals surface area contributed by atoms with E-state index in [1.807, 2.05) is 24.3 Å². The Morgan fingerprint density at radius 3 is 2.63 bits per heavy atom. The van der Waals surface area contributed by atoms with Gasteiger partial charge in [0.2, 0.25) is 0 Å². The Hall–Kier alpha value is -2.36. The zero-order chi connectivity index (χ0) is 13.2. The maximum atomic E-state index is 12.8. The van der Waals surface area contributed by atoms with Crippen molar-refractivity contribution >= 4 is 11.6 Å². The van der Waals surface area contributed by atoms with Crippen molar-refractivity contribution in [1.29, 1.82) is 0 Å². The van der Waals surface area contributed by atoms with Gasteiger partial charge in [-0.25, -0.2) is 4.39 Å². The largest absolute Gasteiger partial charge is 0.480 e. The summed E-state index contributed by atoms with van der Waals surface area (Å²) >= 11 is 0. The topological polar surface area (TPSA) is 38.3 Å². The molecule has 0 fully saturated rings. The summed E-state index contributed by atoms with van der Waals surface area (Å²) in [5.41, 5.74) is 1.59. The summed E-state index contributed by atoms with van der Waals surface area (Å²) in [5.74, 6) is 0.201. The van der Waals surface area contributed by atoms with Crippen LogP contribution in [0, 0.1) is 5.82 Å². The van der Waals surface area contributed by atoms with Gasteiger partial charge in [-0.05, 0) is 35.9 Å². The zero-order valence-corrected chi connectivity index (χ0v) is 10.1. The number of anilines is 1. The second kappa shape index (κ2) is 4.72. The van der Waals surface area contributed by atoms with Crippen LogP contribution in [0.5, 0.6) is 5.75 Å². The number of fused-ring (bicyclic) bond motifs is 1. The fourth-order valence-corrected chi connectivity index (χ4v) is 2.08. The number of rotatable bonds is 2. The predicted molar refractivity (Wildman–Crippen MR) is 69.6 cm³/mol. The molecule has 0 spiro atoms. The normalized spacial score (nSPS) is 16.6. The Labute approximate surface area is 110 Å². The number of carbonyl (C=O) groups is 1. The van der Waals surface area contributed by atoms with E-state index in [4.69, 9.17) is 4.74 Å². The van der Waals surface area contributed by atoms with E-state index < -0.39 is 6.10 Å². The third-order valence-corrected chi connectivity index (χ3v) is 3.05. The van der Waals surface area contributed by atoms with Gasteiger partial charge in [-0.15, -0.1) is 0 Å². The van der Waals surface area contributed by atoms with Crippen molar-refractivity contribution in [3.63, 3.8) is 0 Å². The number of carbonyl (C=O) groups excluding carboxylic acids is 1. The molecule has 1 heterocycles. The molecule has 0 saturated carbocycles. The van der Waals surface area contributed by atoms with Crippen LogP contribution in [0.25, 0.3) is 0 Å². The molecule has 3 rings (SSSR count). The number of benzene rings is 2. The van der Waals surface area contributed by atoms with Gasteiger partial charge in [0.1, 0.15) is 11.6 Å². The van der Waals surface area contributed by atoms with Gasteiger partial charge in [-0.1, -0.05) is 18.2 Å². The Morgan fingerprint density at radius 2 is 1.89 bits per heavy atom. The third kappa shape index (κ3) is 2.42. The highest BCUT2D eigenvalue weighted by molar-refractivity contribution is 5.95. The molecular weight excluding hydrogens is 245 g/mol. The summed E-state index contributed by atoms with van der Waals surface area (Å²) < 4.78 is 18.3. The molecule has 0 aromatic heterocycles. The van der Waals surface area contributed by atoms with Gasteiger partial charge in [0.25, 0.3) is 5.91 Å². The van der Waals surface area contributed by atoms with E-state index in [0.29, 0.717) is 12.1 Å². The molecule has 1 amide bonds. The Kier molecular flexibility index (Phi) is 2.91. The third-order valence-electron chi connectivity index (χ3n) is 3.05. The molecular formula is C15H12FNO2. The number of hydrogen-bond donors (Lipinski definition) is 1. The molecule has 0 bridgehead atoms. The minimum Gasteiger partial charge on any atom is -0.480 e. The van der Waals surface area contributed by atoms with E-state index in [-0.39, 0.29) is 11.7 Å². The van der Waals surface area contributed by atoms with Gasteiger partial charge in [0, 0.05) is 12.1 Å². The van der Waals surface area contributed by atoms with Gasteiger partial charge < -0.3 is 10.1 Å². The summed E-state index contributed by atoms with van der Waals surface area (Å²) in [5, 5.41) is 2.72. The van der Waals surface area contributed by atoms with Crippen molar-refractivity contribution in [1.82, 2.24) is 0 Å². The highest BCUT2D eigenvalue weighted by atomic mass is 19.1. The van der Waals surface area contributed by atoms with Crippen molar-refractivity contribution < 1.29 is 13.9 Å². The van der Waals surface area contributed by atoms with Crippen LogP contribution in [-0.4, -0.2) is 12.0 Å². The van der Waals surface area contributed by atoms with Crippen LogP contribution >= 0.6 is 0 Å². The Bertz CT molecular complexity index is 585. The lowest BCUT2D eigenvalue weighted by atomic mass is 10.1. The second-order valence-corrected chi connectivity index (χ2v) is 4.41. The Balaban J connectivity index is 1.68. The van der Waals surface area contributed by atoms with Crippen LogP contribution in [0.3, 0.4) is 0 Å².